The quantitative estimate of drug-likeness (QED) is 0.805. The predicted molar refractivity (Wildman–Crippen MR) is 81.0 cm³/mol. The van der Waals surface area contributed by atoms with Gasteiger partial charge >= 0.3 is 0 Å². The van der Waals surface area contributed by atoms with Gasteiger partial charge in [0.15, 0.2) is 0 Å². The normalized spacial score (nSPS) is 20.1. The number of nitrogens with one attached hydrogen (secondary N) is 1. The Balaban J connectivity index is 2.17. The summed E-state index contributed by atoms with van der Waals surface area (Å²) in [5, 5.41) is 8.80. The van der Waals surface area contributed by atoms with Gasteiger partial charge in [-0.05, 0) is 44.1 Å². The first-order valence-corrected chi connectivity index (χ1v) is 8.49. The largest absolute Gasteiger partial charge is 0.398 e. The van der Waals surface area contributed by atoms with Crippen LogP contribution in [0.4, 0.5) is 5.69 Å². The van der Waals surface area contributed by atoms with Crippen molar-refractivity contribution in [2.45, 2.75) is 30.7 Å². The first kappa shape index (κ1) is 15.8. The van der Waals surface area contributed by atoms with Crippen LogP contribution >= 0.6 is 0 Å². The van der Waals surface area contributed by atoms with Crippen LogP contribution in [-0.4, -0.2) is 39.0 Å². The van der Waals surface area contributed by atoms with Crippen LogP contribution in [0.3, 0.4) is 0 Å². The van der Waals surface area contributed by atoms with Crippen LogP contribution in [0, 0.1) is 11.3 Å². The van der Waals surface area contributed by atoms with E-state index in [0.717, 1.165) is 25.9 Å². The van der Waals surface area contributed by atoms with E-state index in [4.69, 9.17) is 11.0 Å². The summed E-state index contributed by atoms with van der Waals surface area (Å²) in [7, 11) is -3.66. The maximum Gasteiger partial charge on any atom is 0.242 e. The molecule has 1 saturated heterocycles. The van der Waals surface area contributed by atoms with Crippen molar-refractivity contribution in [1.29, 1.82) is 5.26 Å². The van der Waals surface area contributed by atoms with E-state index in [9.17, 15) is 8.42 Å². The molecule has 0 bridgehead atoms. The summed E-state index contributed by atoms with van der Waals surface area (Å²) >= 11 is 0. The maximum atomic E-state index is 12.4. The van der Waals surface area contributed by atoms with Gasteiger partial charge < -0.3 is 10.6 Å². The highest BCUT2D eigenvalue weighted by atomic mass is 32.2. The summed E-state index contributed by atoms with van der Waals surface area (Å²) in [5.74, 6) is 0. The lowest BCUT2D eigenvalue weighted by atomic mass is 10.1. The molecule has 2 rings (SSSR count). The monoisotopic (exact) mass is 308 g/mol. The van der Waals surface area contributed by atoms with E-state index in [1.165, 1.54) is 18.2 Å². The van der Waals surface area contributed by atoms with Crippen LogP contribution in [0.5, 0.6) is 0 Å². The van der Waals surface area contributed by atoms with Crippen LogP contribution in [0.25, 0.3) is 0 Å². The molecule has 1 fully saturated rings. The topological polar surface area (TPSA) is 99.2 Å². The number of nitrogens with zero attached hydrogens (tertiary/aromatic N) is 2. The number of hydrogen-bond donors (Lipinski definition) is 2. The first-order valence-electron chi connectivity index (χ1n) is 7.00. The molecule has 1 aromatic carbocycles. The molecule has 1 heterocycles. The minimum atomic E-state index is -3.66. The number of nitrogen functional groups attached to an aromatic ring is 1. The molecule has 0 amide bonds. The SMILES string of the molecule is CCN1CCCC(NS(=O)(=O)c2ccc(C#N)cc2N)C1. The molecule has 7 heteroatoms. The Hall–Kier alpha value is -1.62. The fraction of sp³-hybridized carbons (Fsp3) is 0.500. The van der Waals surface area contributed by atoms with Crippen molar-refractivity contribution in [2.75, 3.05) is 25.4 Å². The van der Waals surface area contributed by atoms with Gasteiger partial charge in [0.2, 0.25) is 10.0 Å². The summed E-state index contributed by atoms with van der Waals surface area (Å²) in [6.45, 7) is 4.70. The van der Waals surface area contributed by atoms with Crippen molar-refractivity contribution in [3.63, 3.8) is 0 Å². The number of likely N-dealkylation sites (tertiary alicyclic amines) is 1. The Morgan fingerprint density at radius 2 is 2.29 bits per heavy atom. The molecule has 0 aromatic heterocycles. The second-order valence-corrected chi connectivity index (χ2v) is 6.90. The number of likely N-dealkylation sites (N-methyl/N-ethyl adjacent to an activating group) is 1. The van der Waals surface area contributed by atoms with Crippen LogP contribution in [0.1, 0.15) is 25.3 Å². The molecule has 0 spiro atoms. The Morgan fingerprint density at radius 1 is 1.52 bits per heavy atom. The molecule has 1 aliphatic rings. The number of anilines is 1. The fourth-order valence-electron chi connectivity index (χ4n) is 2.58. The molecule has 6 nitrogen and oxygen atoms in total. The number of rotatable bonds is 4. The lowest BCUT2D eigenvalue weighted by molar-refractivity contribution is 0.211. The Morgan fingerprint density at radius 3 is 2.90 bits per heavy atom. The smallest absolute Gasteiger partial charge is 0.242 e. The zero-order chi connectivity index (χ0) is 15.5. The molecule has 21 heavy (non-hydrogen) atoms. The molecule has 1 aliphatic heterocycles. The van der Waals surface area contributed by atoms with Gasteiger partial charge in [0, 0.05) is 12.6 Å². The molecule has 0 saturated carbocycles. The van der Waals surface area contributed by atoms with Gasteiger partial charge in [0.05, 0.1) is 17.3 Å². The van der Waals surface area contributed by atoms with Crippen LogP contribution in [-0.2, 0) is 10.0 Å². The van der Waals surface area contributed by atoms with E-state index in [1.54, 1.807) is 0 Å². The van der Waals surface area contributed by atoms with Crippen molar-refractivity contribution < 1.29 is 8.42 Å². The number of hydrogen-bond acceptors (Lipinski definition) is 5. The summed E-state index contributed by atoms with van der Waals surface area (Å²) in [6, 6.07) is 6.07. The molecule has 0 radical (unpaired) electrons. The number of benzene rings is 1. The van der Waals surface area contributed by atoms with E-state index in [-0.39, 0.29) is 16.6 Å². The average Bonchev–Trinajstić information content (AvgIpc) is 2.46. The number of nitriles is 1. The summed E-state index contributed by atoms with van der Waals surface area (Å²) in [5.41, 5.74) is 6.21. The van der Waals surface area contributed by atoms with Gasteiger partial charge in [-0.15, -0.1) is 0 Å². The molecule has 1 unspecified atom stereocenters. The van der Waals surface area contributed by atoms with Crippen LogP contribution < -0.4 is 10.5 Å². The van der Waals surface area contributed by atoms with E-state index < -0.39 is 10.0 Å². The van der Waals surface area contributed by atoms with Crippen molar-refractivity contribution in [1.82, 2.24) is 9.62 Å². The zero-order valence-electron chi connectivity index (χ0n) is 12.0. The van der Waals surface area contributed by atoms with Crippen molar-refractivity contribution in [2.24, 2.45) is 0 Å². The Labute approximate surface area is 125 Å². The predicted octanol–water partition coefficient (Wildman–Crippen LogP) is 0.903. The van der Waals surface area contributed by atoms with Crippen LogP contribution in [0.2, 0.25) is 0 Å². The van der Waals surface area contributed by atoms with E-state index in [1.807, 2.05) is 6.07 Å². The number of nitrogens with two attached hydrogens (primary N) is 1. The second-order valence-electron chi connectivity index (χ2n) is 5.22. The lowest BCUT2D eigenvalue weighted by Crippen LogP contribution is -2.47. The first-order chi connectivity index (χ1) is 9.96. The van der Waals surface area contributed by atoms with E-state index >= 15 is 0 Å². The minimum absolute atomic E-state index is 0.0371. The number of sulfonamides is 1. The third-order valence-electron chi connectivity index (χ3n) is 3.70. The molecule has 1 aromatic rings. The molecular formula is C14H20N4O2S. The van der Waals surface area contributed by atoms with Gasteiger partial charge in [0.1, 0.15) is 4.90 Å². The average molecular weight is 308 g/mol. The highest BCUT2D eigenvalue weighted by molar-refractivity contribution is 7.89. The van der Waals surface area contributed by atoms with Crippen LogP contribution in [0.15, 0.2) is 23.1 Å². The second kappa shape index (κ2) is 6.43. The van der Waals surface area contributed by atoms with Crippen molar-refractivity contribution in [3.8, 4) is 6.07 Å². The highest BCUT2D eigenvalue weighted by Crippen LogP contribution is 2.21. The lowest BCUT2D eigenvalue weighted by Gasteiger charge is -2.32. The molecule has 3 N–H and O–H groups in total. The summed E-state index contributed by atoms with van der Waals surface area (Å²) in [6.07, 6.45) is 1.80. The molecule has 1 atom stereocenters. The van der Waals surface area contributed by atoms with E-state index in [2.05, 4.69) is 16.5 Å². The minimum Gasteiger partial charge on any atom is -0.398 e. The fourth-order valence-corrected chi connectivity index (χ4v) is 3.96. The summed E-state index contributed by atoms with van der Waals surface area (Å²) in [4.78, 5) is 2.26. The Bertz CT molecular complexity index is 651. The number of piperidine rings is 1. The van der Waals surface area contributed by atoms with Gasteiger partial charge in [-0.2, -0.15) is 5.26 Å². The standard InChI is InChI=1S/C14H20N4O2S/c1-2-18-7-3-4-12(10-18)17-21(19,20)14-6-5-11(9-15)8-13(14)16/h5-6,8,12,17H,2-4,7,10,16H2,1H3. The molecule has 114 valence electrons. The van der Waals surface area contributed by atoms with Crippen molar-refractivity contribution >= 4 is 15.7 Å². The van der Waals surface area contributed by atoms with Gasteiger partial charge in [-0.3, -0.25) is 0 Å². The summed E-state index contributed by atoms with van der Waals surface area (Å²) < 4.78 is 27.6. The van der Waals surface area contributed by atoms with Gasteiger partial charge in [-0.25, -0.2) is 13.1 Å². The van der Waals surface area contributed by atoms with Gasteiger partial charge in [0.25, 0.3) is 0 Å². The molecular weight excluding hydrogens is 288 g/mol. The Kier molecular flexibility index (Phi) is 4.83. The highest BCUT2D eigenvalue weighted by Gasteiger charge is 2.25. The zero-order valence-corrected chi connectivity index (χ0v) is 12.9. The van der Waals surface area contributed by atoms with E-state index in [0.29, 0.717) is 12.1 Å². The molecule has 0 aliphatic carbocycles. The van der Waals surface area contributed by atoms with Crippen molar-refractivity contribution in [3.05, 3.63) is 23.8 Å². The maximum absolute atomic E-state index is 12.4. The third kappa shape index (κ3) is 3.73. The van der Waals surface area contributed by atoms with Gasteiger partial charge in [-0.1, -0.05) is 6.92 Å². The third-order valence-corrected chi connectivity index (χ3v) is 5.30.